The third-order valence-corrected chi connectivity index (χ3v) is 2.71. The molecule has 0 aliphatic heterocycles. The Morgan fingerprint density at radius 1 is 1.56 bits per heavy atom. The second-order valence-electron chi connectivity index (χ2n) is 4.37. The number of hydrogen-bond donors (Lipinski definition) is 4. The summed E-state index contributed by atoms with van der Waals surface area (Å²) in [6.07, 6.45) is 1.28. The Morgan fingerprint density at radius 2 is 2.33 bits per heavy atom. The first kappa shape index (κ1) is 12.5. The first-order valence-corrected chi connectivity index (χ1v) is 5.90. The zero-order valence-electron chi connectivity index (χ0n) is 10.2. The molecule has 0 radical (unpaired) electrons. The fourth-order valence-corrected chi connectivity index (χ4v) is 1.79. The van der Waals surface area contributed by atoms with Crippen molar-refractivity contribution in [2.45, 2.75) is 25.9 Å². The fourth-order valence-electron chi connectivity index (χ4n) is 1.79. The van der Waals surface area contributed by atoms with E-state index < -0.39 is 5.76 Å². The second kappa shape index (κ2) is 5.14. The van der Waals surface area contributed by atoms with Crippen LogP contribution in [0.1, 0.15) is 19.8 Å². The predicted octanol–water partition coefficient (Wildman–Crippen LogP) is 1.28. The van der Waals surface area contributed by atoms with E-state index in [9.17, 15) is 4.79 Å². The number of H-pyrrole nitrogens is 1. The number of aromatic amines is 1. The molecule has 98 valence electrons. The third kappa shape index (κ3) is 2.84. The molecule has 0 saturated carbocycles. The number of aromatic nitrogens is 1. The SMILES string of the molecule is CC(O)CCCNc1cc2[nH]c(=O)oc2cc1N. The molecule has 0 aliphatic carbocycles. The minimum Gasteiger partial charge on any atom is -0.408 e. The van der Waals surface area contributed by atoms with Crippen molar-refractivity contribution in [3.05, 3.63) is 22.7 Å². The summed E-state index contributed by atoms with van der Waals surface area (Å²) in [5, 5.41) is 12.3. The highest BCUT2D eigenvalue weighted by atomic mass is 16.4. The van der Waals surface area contributed by atoms with Gasteiger partial charge in [0.05, 0.1) is 23.0 Å². The van der Waals surface area contributed by atoms with Crippen molar-refractivity contribution in [3.8, 4) is 0 Å². The first-order chi connectivity index (χ1) is 8.56. The smallest absolute Gasteiger partial charge is 0.408 e. The maximum atomic E-state index is 11.0. The van der Waals surface area contributed by atoms with E-state index in [1.807, 2.05) is 0 Å². The lowest BCUT2D eigenvalue weighted by Crippen LogP contribution is -2.07. The van der Waals surface area contributed by atoms with Crippen molar-refractivity contribution < 1.29 is 9.52 Å². The molecule has 1 heterocycles. The van der Waals surface area contributed by atoms with Gasteiger partial charge in [0.1, 0.15) is 0 Å². The summed E-state index contributed by atoms with van der Waals surface area (Å²) in [6.45, 7) is 2.47. The van der Waals surface area contributed by atoms with Crippen molar-refractivity contribution >= 4 is 22.5 Å². The molecular weight excluding hydrogens is 234 g/mol. The van der Waals surface area contributed by atoms with Gasteiger partial charge in [0.25, 0.3) is 0 Å². The van der Waals surface area contributed by atoms with Gasteiger partial charge in [-0.15, -0.1) is 0 Å². The van der Waals surface area contributed by atoms with E-state index in [1.54, 1.807) is 19.1 Å². The van der Waals surface area contributed by atoms with Crippen LogP contribution in [0.5, 0.6) is 0 Å². The lowest BCUT2D eigenvalue weighted by Gasteiger charge is -2.09. The van der Waals surface area contributed by atoms with Gasteiger partial charge in [0.2, 0.25) is 0 Å². The number of nitrogen functional groups attached to an aromatic ring is 1. The summed E-state index contributed by atoms with van der Waals surface area (Å²) in [6, 6.07) is 3.36. The molecule has 0 saturated heterocycles. The van der Waals surface area contributed by atoms with Crippen LogP contribution < -0.4 is 16.8 Å². The number of aliphatic hydroxyl groups excluding tert-OH is 1. The summed E-state index contributed by atoms with van der Waals surface area (Å²) in [5.74, 6) is -0.490. The van der Waals surface area contributed by atoms with Gasteiger partial charge in [0.15, 0.2) is 5.58 Å². The lowest BCUT2D eigenvalue weighted by molar-refractivity contribution is 0.183. The van der Waals surface area contributed by atoms with Gasteiger partial charge in [-0.3, -0.25) is 4.98 Å². The van der Waals surface area contributed by atoms with E-state index in [1.165, 1.54) is 0 Å². The largest absolute Gasteiger partial charge is 0.417 e. The molecule has 2 aromatic rings. The number of rotatable bonds is 5. The molecule has 6 heteroatoms. The van der Waals surface area contributed by atoms with E-state index in [4.69, 9.17) is 15.3 Å². The topological polar surface area (TPSA) is 104 Å². The third-order valence-electron chi connectivity index (χ3n) is 2.71. The Balaban J connectivity index is 2.08. The summed E-state index contributed by atoms with van der Waals surface area (Å²) in [7, 11) is 0. The van der Waals surface area contributed by atoms with Crippen molar-refractivity contribution in [1.82, 2.24) is 4.98 Å². The van der Waals surface area contributed by atoms with Crippen LogP contribution in [-0.4, -0.2) is 22.7 Å². The lowest BCUT2D eigenvalue weighted by atomic mass is 10.2. The predicted molar refractivity (Wildman–Crippen MR) is 70.7 cm³/mol. The maximum absolute atomic E-state index is 11.0. The molecule has 0 amide bonds. The van der Waals surface area contributed by atoms with Gasteiger partial charge < -0.3 is 20.6 Å². The van der Waals surface area contributed by atoms with Crippen LogP contribution in [-0.2, 0) is 0 Å². The van der Waals surface area contributed by atoms with Crippen LogP contribution in [0.15, 0.2) is 21.3 Å². The maximum Gasteiger partial charge on any atom is 0.417 e. The zero-order chi connectivity index (χ0) is 13.1. The number of nitrogens with two attached hydrogens (primary N) is 1. The number of fused-ring (bicyclic) bond motifs is 1. The molecule has 18 heavy (non-hydrogen) atoms. The Kier molecular flexibility index (Phi) is 3.57. The van der Waals surface area contributed by atoms with Gasteiger partial charge in [-0.05, 0) is 25.8 Å². The van der Waals surface area contributed by atoms with E-state index in [0.29, 0.717) is 23.3 Å². The average molecular weight is 251 g/mol. The fraction of sp³-hybridized carbons (Fsp3) is 0.417. The molecule has 1 unspecified atom stereocenters. The number of oxazole rings is 1. The van der Waals surface area contributed by atoms with E-state index >= 15 is 0 Å². The van der Waals surface area contributed by atoms with Crippen molar-refractivity contribution in [1.29, 1.82) is 0 Å². The van der Waals surface area contributed by atoms with Crippen LogP contribution in [0.3, 0.4) is 0 Å². The molecule has 1 aromatic carbocycles. The quantitative estimate of drug-likeness (QED) is 0.473. The van der Waals surface area contributed by atoms with Gasteiger partial charge in [-0.1, -0.05) is 0 Å². The van der Waals surface area contributed by atoms with E-state index in [-0.39, 0.29) is 6.10 Å². The summed E-state index contributed by atoms with van der Waals surface area (Å²) < 4.78 is 4.91. The Hall–Kier alpha value is -1.95. The molecular formula is C12H17N3O3. The van der Waals surface area contributed by atoms with Crippen LogP contribution in [0.4, 0.5) is 11.4 Å². The molecule has 0 spiro atoms. The van der Waals surface area contributed by atoms with Crippen molar-refractivity contribution in [3.63, 3.8) is 0 Å². The number of hydrogen-bond acceptors (Lipinski definition) is 5. The highest BCUT2D eigenvalue weighted by Crippen LogP contribution is 2.24. The van der Waals surface area contributed by atoms with E-state index in [2.05, 4.69) is 10.3 Å². The second-order valence-corrected chi connectivity index (χ2v) is 4.37. The summed E-state index contributed by atoms with van der Waals surface area (Å²) >= 11 is 0. The molecule has 6 nitrogen and oxygen atoms in total. The van der Waals surface area contributed by atoms with Crippen LogP contribution in [0, 0.1) is 0 Å². The van der Waals surface area contributed by atoms with Crippen molar-refractivity contribution in [2.24, 2.45) is 0 Å². The molecule has 0 aliphatic rings. The number of nitrogens with one attached hydrogen (secondary N) is 2. The molecule has 1 aromatic heterocycles. The molecule has 2 rings (SSSR count). The molecule has 5 N–H and O–H groups in total. The van der Waals surface area contributed by atoms with Gasteiger partial charge in [-0.25, -0.2) is 4.79 Å². The average Bonchev–Trinajstić information content (AvgIpc) is 2.63. The Bertz CT molecular complexity index is 586. The summed E-state index contributed by atoms with van der Waals surface area (Å²) in [5.41, 5.74) is 8.20. The molecule has 0 fully saturated rings. The minimum atomic E-state index is -0.490. The van der Waals surface area contributed by atoms with Crippen LogP contribution in [0.2, 0.25) is 0 Å². The van der Waals surface area contributed by atoms with Crippen LogP contribution in [0.25, 0.3) is 11.1 Å². The first-order valence-electron chi connectivity index (χ1n) is 5.90. The molecule has 1 atom stereocenters. The monoisotopic (exact) mass is 251 g/mol. The van der Waals surface area contributed by atoms with Gasteiger partial charge >= 0.3 is 5.76 Å². The highest BCUT2D eigenvalue weighted by molar-refractivity contribution is 5.85. The van der Waals surface area contributed by atoms with Crippen LogP contribution >= 0.6 is 0 Å². The van der Waals surface area contributed by atoms with Gasteiger partial charge in [-0.2, -0.15) is 0 Å². The number of anilines is 2. The highest BCUT2D eigenvalue weighted by Gasteiger charge is 2.06. The normalized spacial score (nSPS) is 12.8. The summed E-state index contributed by atoms with van der Waals surface area (Å²) in [4.78, 5) is 13.6. The number of benzene rings is 1. The standard InChI is InChI=1S/C12H17N3O3/c1-7(16)3-2-4-14-9-6-10-11(5-8(9)13)18-12(17)15-10/h5-7,14,16H,2-4,13H2,1H3,(H,15,17). The Labute approximate surface area is 104 Å². The minimum absolute atomic E-state index is 0.295. The van der Waals surface area contributed by atoms with Gasteiger partial charge in [0, 0.05) is 12.6 Å². The van der Waals surface area contributed by atoms with Crippen molar-refractivity contribution in [2.75, 3.05) is 17.6 Å². The van der Waals surface area contributed by atoms with E-state index in [0.717, 1.165) is 18.5 Å². The number of aliphatic hydroxyl groups is 1. The zero-order valence-corrected chi connectivity index (χ0v) is 10.2. The Morgan fingerprint density at radius 3 is 3.06 bits per heavy atom. The molecule has 0 bridgehead atoms.